The molecule has 1 aliphatic heterocycles. The Bertz CT molecular complexity index is 869. The molecule has 1 aliphatic rings. The first-order valence-electron chi connectivity index (χ1n) is 10.3. The third-order valence-corrected chi connectivity index (χ3v) is 5.42. The molecule has 1 aromatic carbocycles. The number of aromatic nitrogens is 2. The molecule has 0 saturated carbocycles. The first-order chi connectivity index (χ1) is 13.9. The van der Waals surface area contributed by atoms with Crippen molar-refractivity contribution in [2.45, 2.75) is 71.6 Å². The van der Waals surface area contributed by atoms with E-state index >= 15 is 0 Å². The maximum absolute atomic E-state index is 11.7. The van der Waals surface area contributed by atoms with Crippen LogP contribution in [0.3, 0.4) is 0 Å². The normalized spacial score (nSPS) is 17.8. The Hall–Kier alpha value is -2.32. The van der Waals surface area contributed by atoms with Crippen LogP contribution in [0.1, 0.15) is 54.3 Å². The first-order valence-corrected chi connectivity index (χ1v) is 10.3. The Balaban J connectivity index is 1.57. The number of ether oxygens (including phenoxy) is 1. The van der Waals surface area contributed by atoms with E-state index in [1.54, 1.807) is 6.20 Å². The molecule has 7 nitrogen and oxygen atoms in total. The van der Waals surface area contributed by atoms with Crippen LogP contribution in [0.5, 0.6) is 0 Å². The van der Waals surface area contributed by atoms with E-state index in [1.807, 2.05) is 72.7 Å². The predicted molar refractivity (Wildman–Crippen MR) is 118 cm³/mol. The van der Waals surface area contributed by atoms with Gasteiger partial charge in [0.15, 0.2) is 0 Å². The molecule has 30 heavy (non-hydrogen) atoms. The van der Waals surface area contributed by atoms with E-state index in [-0.39, 0.29) is 30.5 Å². The fraction of sp³-hybridized carbons (Fsp3) is 0.545. The average Bonchev–Trinajstić information content (AvgIpc) is 3.16. The fourth-order valence-corrected chi connectivity index (χ4v) is 3.02. The number of alkyl carbamates (subject to hydrolysis) is 1. The van der Waals surface area contributed by atoms with Crippen LogP contribution in [0.4, 0.5) is 4.79 Å². The lowest BCUT2D eigenvalue weighted by molar-refractivity contribution is 0.00578. The minimum atomic E-state index is -0.424. The van der Waals surface area contributed by atoms with Crippen LogP contribution < -0.4 is 10.8 Å². The maximum atomic E-state index is 11.7. The SMILES string of the molecule is CC(C)(C)NC(=O)OCCc1ncc(-c2ccc(B3OC(C)(C)C(C)(C)O3)cc2)[nH]1. The maximum Gasteiger partial charge on any atom is 0.494 e. The smallest absolute Gasteiger partial charge is 0.449 e. The molecular formula is C22H32BN3O4. The van der Waals surface area contributed by atoms with Crippen LogP contribution in [0.25, 0.3) is 11.3 Å². The van der Waals surface area contributed by atoms with E-state index < -0.39 is 6.09 Å². The van der Waals surface area contributed by atoms with Gasteiger partial charge in [0, 0.05) is 12.0 Å². The lowest BCUT2D eigenvalue weighted by atomic mass is 9.79. The Labute approximate surface area is 179 Å². The summed E-state index contributed by atoms with van der Waals surface area (Å²) in [5, 5.41) is 2.76. The van der Waals surface area contributed by atoms with Gasteiger partial charge in [0.05, 0.1) is 23.1 Å². The molecule has 2 N–H and O–H groups in total. The van der Waals surface area contributed by atoms with Crippen molar-refractivity contribution in [1.82, 2.24) is 15.3 Å². The van der Waals surface area contributed by atoms with Crippen molar-refractivity contribution in [3.8, 4) is 11.3 Å². The monoisotopic (exact) mass is 413 g/mol. The number of nitrogens with zero attached hydrogens (tertiary/aromatic N) is 1. The van der Waals surface area contributed by atoms with E-state index in [0.717, 1.165) is 22.5 Å². The zero-order valence-corrected chi connectivity index (χ0v) is 19.0. The number of H-pyrrole nitrogens is 1. The summed E-state index contributed by atoms with van der Waals surface area (Å²) in [6.45, 7) is 14.2. The van der Waals surface area contributed by atoms with E-state index in [2.05, 4.69) is 15.3 Å². The highest BCUT2D eigenvalue weighted by Gasteiger charge is 2.51. The topological polar surface area (TPSA) is 85.5 Å². The molecule has 2 aromatic rings. The molecule has 2 heterocycles. The highest BCUT2D eigenvalue weighted by molar-refractivity contribution is 6.62. The van der Waals surface area contributed by atoms with Gasteiger partial charge >= 0.3 is 13.2 Å². The second kappa shape index (κ2) is 8.08. The molecule has 0 unspecified atom stereocenters. The van der Waals surface area contributed by atoms with Crippen LogP contribution in [0.15, 0.2) is 30.5 Å². The number of amides is 1. The Morgan fingerprint density at radius 3 is 2.30 bits per heavy atom. The van der Waals surface area contributed by atoms with Gasteiger partial charge in [-0.25, -0.2) is 9.78 Å². The lowest BCUT2D eigenvalue weighted by Gasteiger charge is -2.32. The number of rotatable bonds is 5. The number of hydrogen-bond acceptors (Lipinski definition) is 5. The fourth-order valence-electron chi connectivity index (χ4n) is 3.02. The summed E-state index contributed by atoms with van der Waals surface area (Å²) in [5.74, 6) is 0.767. The van der Waals surface area contributed by atoms with Crippen molar-refractivity contribution >= 4 is 18.7 Å². The Morgan fingerprint density at radius 2 is 1.73 bits per heavy atom. The Morgan fingerprint density at radius 1 is 1.13 bits per heavy atom. The van der Waals surface area contributed by atoms with Crippen LogP contribution in [-0.2, 0) is 20.5 Å². The second-order valence-corrected chi connectivity index (χ2v) is 9.71. The third kappa shape index (κ3) is 5.23. The van der Waals surface area contributed by atoms with Crippen molar-refractivity contribution in [2.75, 3.05) is 6.61 Å². The highest BCUT2D eigenvalue weighted by atomic mass is 16.7. The lowest BCUT2D eigenvalue weighted by Crippen LogP contribution is -2.41. The van der Waals surface area contributed by atoms with Gasteiger partial charge in [-0.2, -0.15) is 0 Å². The Kier molecular flexibility index (Phi) is 6.02. The van der Waals surface area contributed by atoms with Crippen molar-refractivity contribution in [3.63, 3.8) is 0 Å². The summed E-state index contributed by atoms with van der Waals surface area (Å²) in [6, 6.07) is 8.06. The van der Waals surface area contributed by atoms with E-state index in [4.69, 9.17) is 14.0 Å². The quantitative estimate of drug-likeness (QED) is 0.734. The van der Waals surface area contributed by atoms with E-state index in [9.17, 15) is 4.79 Å². The van der Waals surface area contributed by atoms with Crippen LogP contribution in [0.2, 0.25) is 0 Å². The van der Waals surface area contributed by atoms with Gasteiger partial charge in [-0.05, 0) is 59.5 Å². The molecule has 1 aromatic heterocycles. The van der Waals surface area contributed by atoms with Gasteiger partial charge in [0.25, 0.3) is 0 Å². The summed E-state index contributed by atoms with van der Waals surface area (Å²) >= 11 is 0. The van der Waals surface area contributed by atoms with E-state index in [0.29, 0.717) is 6.42 Å². The van der Waals surface area contributed by atoms with Gasteiger partial charge in [0.2, 0.25) is 0 Å². The highest BCUT2D eigenvalue weighted by Crippen LogP contribution is 2.36. The van der Waals surface area contributed by atoms with Gasteiger partial charge in [0.1, 0.15) is 12.4 Å². The molecular weight excluding hydrogens is 381 g/mol. The van der Waals surface area contributed by atoms with Crippen molar-refractivity contribution in [1.29, 1.82) is 0 Å². The number of aromatic amines is 1. The minimum absolute atomic E-state index is 0.260. The number of carbonyl (C=O) groups excluding carboxylic acids is 1. The molecule has 0 spiro atoms. The number of imidazole rings is 1. The summed E-state index contributed by atoms with van der Waals surface area (Å²) < 4.78 is 17.4. The zero-order valence-electron chi connectivity index (χ0n) is 19.0. The second-order valence-electron chi connectivity index (χ2n) is 9.71. The summed E-state index contributed by atoms with van der Waals surface area (Å²) in [6.07, 6.45) is 1.88. The molecule has 0 aliphatic carbocycles. The van der Waals surface area contributed by atoms with E-state index in [1.165, 1.54) is 0 Å². The molecule has 1 saturated heterocycles. The number of carbonyl (C=O) groups is 1. The molecule has 3 rings (SSSR count). The largest absolute Gasteiger partial charge is 0.494 e. The third-order valence-electron chi connectivity index (χ3n) is 5.42. The summed E-state index contributed by atoms with van der Waals surface area (Å²) in [4.78, 5) is 19.4. The molecule has 0 radical (unpaired) electrons. The summed E-state index contributed by atoms with van der Waals surface area (Å²) in [5.41, 5.74) is 1.86. The number of benzene rings is 1. The molecule has 0 atom stereocenters. The predicted octanol–water partition coefficient (Wildman–Crippen LogP) is 3.44. The van der Waals surface area contributed by atoms with Gasteiger partial charge < -0.3 is 24.3 Å². The molecule has 8 heteroatoms. The van der Waals surface area contributed by atoms with Crippen LogP contribution in [0, 0.1) is 0 Å². The number of hydrogen-bond donors (Lipinski definition) is 2. The molecule has 1 amide bonds. The minimum Gasteiger partial charge on any atom is -0.449 e. The molecule has 162 valence electrons. The van der Waals surface area contributed by atoms with Gasteiger partial charge in [-0.15, -0.1) is 0 Å². The van der Waals surface area contributed by atoms with Crippen molar-refractivity contribution < 1.29 is 18.8 Å². The van der Waals surface area contributed by atoms with Crippen LogP contribution in [-0.4, -0.2) is 46.5 Å². The standard InChI is InChI=1S/C22H32BN3O4/c1-20(2,3)26-19(27)28-13-12-18-24-14-17(25-18)15-8-10-16(11-9-15)23-29-21(4,5)22(6,7)30-23/h8-11,14H,12-13H2,1-7H3,(H,24,25)(H,26,27). The molecule has 0 bridgehead atoms. The van der Waals surface area contributed by atoms with Crippen molar-refractivity contribution in [2.24, 2.45) is 0 Å². The number of nitrogens with one attached hydrogen (secondary N) is 2. The van der Waals surface area contributed by atoms with Gasteiger partial charge in [-0.1, -0.05) is 24.3 Å². The first kappa shape index (κ1) is 22.4. The zero-order chi connectivity index (χ0) is 22.2. The summed E-state index contributed by atoms with van der Waals surface area (Å²) in [7, 11) is -0.377. The average molecular weight is 413 g/mol. The van der Waals surface area contributed by atoms with Gasteiger partial charge in [-0.3, -0.25) is 0 Å². The van der Waals surface area contributed by atoms with Crippen LogP contribution >= 0.6 is 0 Å². The molecule has 1 fully saturated rings. The van der Waals surface area contributed by atoms with Crippen molar-refractivity contribution in [3.05, 3.63) is 36.3 Å².